The molecule has 4 N–H and O–H groups in total. The first-order valence-electron chi connectivity index (χ1n) is 5.77. The second-order valence-electron chi connectivity index (χ2n) is 5.31. The lowest BCUT2D eigenvalue weighted by atomic mass is 9.84. The molecule has 0 aromatic heterocycles. The number of nitrogen functional groups attached to an aromatic ring is 1. The summed E-state index contributed by atoms with van der Waals surface area (Å²) in [6.45, 7) is 6.53. The van der Waals surface area contributed by atoms with Gasteiger partial charge in [0, 0.05) is 17.7 Å². The average molecular weight is 257 g/mol. The summed E-state index contributed by atoms with van der Waals surface area (Å²) in [5, 5.41) is 13.1. The minimum atomic E-state index is 0.0392. The van der Waals surface area contributed by atoms with Gasteiger partial charge in [0.15, 0.2) is 0 Å². The van der Waals surface area contributed by atoms with Crippen LogP contribution in [-0.4, -0.2) is 17.8 Å². The second kappa shape index (κ2) is 5.61. The van der Waals surface area contributed by atoms with Crippen LogP contribution in [0.3, 0.4) is 0 Å². The maximum Gasteiger partial charge on any atom is 0.0591 e. The van der Waals surface area contributed by atoms with Crippen molar-refractivity contribution in [3.63, 3.8) is 0 Å². The molecule has 1 unspecified atom stereocenters. The Kier molecular flexibility index (Phi) is 4.66. The molecule has 0 heterocycles. The summed E-state index contributed by atoms with van der Waals surface area (Å²) in [6.07, 6.45) is 0.676. The van der Waals surface area contributed by atoms with Crippen LogP contribution in [0.5, 0.6) is 0 Å². The van der Waals surface area contributed by atoms with Crippen molar-refractivity contribution in [2.24, 2.45) is 5.41 Å². The molecule has 1 atom stereocenters. The van der Waals surface area contributed by atoms with Gasteiger partial charge in [-0.15, -0.1) is 0 Å². The van der Waals surface area contributed by atoms with E-state index in [1.165, 1.54) is 0 Å². The van der Waals surface area contributed by atoms with Crippen LogP contribution >= 0.6 is 11.6 Å². The number of hydrogen-bond donors (Lipinski definition) is 3. The van der Waals surface area contributed by atoms with Gasteiger partial charge in [0.1, 0.15) is 0 Å². The monoisotopic (exact) mass is 256 g/mol. The summed E-state index contributed by atoms with van der Waals surface area (Å²) in [4.78, 5) is 0. The molecule has 1 rings (SSSR count). The normalized spacial score (nSPS) is 13.5. The summed E-state index contributed by atoms with van der Waals surface area (Å²) in [7, 11) is 0. The van der Waals surface area contributed by atoms with E-state index in [4.69, 9.17) is 22.4 Å². The Morgan fingerprint density at radius 3 is 2.59 bits per heavy atom. The SMILES string of the molecule is CC(C)(C)C(CCO)Nc1cc(Cl)ccc1N. The first kappa shape index (κ1) is 14.1. The minimum Gasteiger partial charge on any atom is -0.397 e. The highest BCUT2D eigenvalue weighted by molar-refractivity contribution is 6.31. The predicted octanol–water partition coefficient (Wildman–Crippen LogP) is 3.13. The average Bonchev–Trinajstić information content (AvgIpc) is 2.21. The molecule has 0 radical (unpaired) electrons. The lowest BCUT2D eigenvalue weighted by Gasteiger charge is -2.32. The number of aliphatic hydroxyl groups excluding tert-OH is 1. The Morgan fingerprint density at radius 1 is 1.41 bits per heavy atom. The Bertz CT molecular complexity index is 374. The van der Waals surface area contributed by atoms with Gasteiger partial charge in [0.25, 0.3) is 0 Å². The van der Waals surface area contributed by atoms with Crippen LogP contribution in [0.25, 0.3) is 0 Å². The second-order valence-corrected chi connectivity index (χ2v) is 5.74. The van der Waals surface area contributed by atoms with Crippen molar-refractivity contribution in [2.75, 3.05) is 17.7 Å². The lowest BCUT2D eigenvalue weighted by molar-refractivity contribution is 0.235. The van der Waals surface area contributed by atoms with Crippen LogP contribution in [0.4, 0.5) is 11.4 Å². The van der Waals surface area contributed by atoms with E-state index < -0.39 is 0 Å². The third-order valence-corrected chi connectivity index (χ3v) is 3.04. The van der Waals surface area contributed by atoms with Gasteiger partial charge >= 0.3 is 0 Å². The van der Waals surface area contributed by atoms with Gasteiger partial charge in [-0.05, 0) is 30.0 Å². The standard InChI is InChI=1S/C13H21ClN2O/c1-13(2,3)12(6-7-17)16-11-8-9(14)4-5-10(11)15/h4-5,8,12,16-17H,6-7,15H2,1-3H3. The van der Waals surface area contributed by atoms with Gasteiger partial charge in [0.2, 0.25) is 0 Å². The molecule has 0 fully saturated rings. The van der Waals surface area contributed by atoms with Gasteiger partial charge in [-0.25, -0.2) is 0 Å². The number of halogens is 1. The van der Waals surface area contributed by atoms with Crippen molar-refractivity contribution in [1.29, 1.82) is 0 Å². The van der Waals surface area contributed by atoms with Crippen LogP contribution in [0.2, 0.25) is 5.02 Å². The van der Waals surface area contributed by atoms with Gasteiger partial charge in [-0.2, -0.15) is 0 Å². The van der Waals surface area contributed by atoms with Crippen molar-refractivity contribution in [2.45, 2.75) is 33.2 Å². The molecule has 0 amide bonds. The summed E-state index contributed by atoms with van der Waals surface area (Å²) < 4.78 is 0. The highest BCUT2D eigenvalue weighted by Crippen LogP contribution is 2.29. The fourth-order valence-electron chi connectivity index (χ4n) is 1.69. The van der Waals surface area contributed by atoms with Gasteiger partial charge in [-0.1, -0.05) is 32.4 Å². The van der Waals surface area contributed by atoms with Crippen LogP contribution < -0.4 is 11.1 Å². The molecule has 4 heteroatoms. The van der Waals surface area contributed by atoms with Gasteiger partial charge in [0.05, 0.1) is 11.4 Å². The predicted molar refractivity (Wildman–Crippen MR) is 74.4 cm³/mol. The zero-order valence-corrected chi connectivity index (χ0v) is 11.4. The Morgan fingerprint density at radius 2 is 2.06 bits per heavy atom. The number of benzene rings is 1. The van der Waals surface area contributed by atoms with E-state index in [9.17, 15) is 0 Å². The van der Waals surface area contributed by atoms with Crippen molar-refractivity contribution >= 4 is 23.0 Å². The molecule has 0 bridgehead atoms. The molecular weight excluding hydrogens is 236 g/mol. The van der Waals surface area contributed by atoms with Crippen molar-refractivity contribution in [1.82, 2.24) is 0 Å². The van der Waals surface area contributed by atoms with E-state index in [-0.39, 0.29) is 18.1 Å². The quantitative estimate of drug-likeness (QED) is 0.726. The molecule has 3 nitrogen and oxygen atoms in total. The maximum absolute atomic E-state index is 9.10. The van der Waals surface area contributed by atoms with E-state index in [1.54, 1.807) is 12.1 Å². The zero-order valence-electron chi connectivity index (χ0n) is 10.6. The third-order valence-electron chi connectivity index (χ3n) is 2.81. The molecule has 0 aliphatic heterocycles. The number of nitrogens with two attached hydrogens (primary N) is 1. The van der Waals surface area contributed by atoms with Crippen molar-refractivity contribution in [3.8, 4) is 0 Å². The van der Waals surface area contributed by atoms with E-state index in [0.29, 0.717) is 17.1 Å². The smallest absolute Gasteiger partial charge is 0.0591 e. The first-order chi connectivity index (χ1) is 7.84. The molecule has 17 heavy (non-hydrogen) atoms. The lowest BCUT2D eigenvalue weighted by Crippen LogP contribution is -2.35. The molecule has 0 spiro atoms. The fraction of sp³-hybridized carbons (Fsp3) is 0.538. The van der Waals surface area contributed by atoms with Gasteiger partial charge in [-0.3, -0.25) is 0 Å². The number of hydrogen-bond acceptors (Lipinski definition) is 3. The molecule has 0 aliphatic rings. The first-order valence-corrected chi connectivity index (χ1v) is 6.15. The number of anilines is 2. The molecule has 0 aliphatic carbocycles. The van der Waals surface area contributed by atoms with Crippen molar-refractivity contribution in [3.05, 3.63) is 23.2 Å². The maximum atomic E-state index is 9.10. The Balaban J connectivity index is 2.89. The van der Waals surface area contributed by atoms with E-state index in [2.05, 4.69) is 26.1 Å². The number of aliphatic hydroxyl groups is 1. The molecule has 0 saturated heterocycles. The van der Waals surface area contributed by atoms with Crippen molar-refractivity contribution < 1.29 is 5.11 Å². The van der Waals surface area contributed by atoms with Crippen LogP contribution in [-0.2, 0) is 0 Å². The summed E-state index contributed by atoms with van der Waals surface area (Å²) in [6, 6.07) is 5.50. The largest absolute Gasteiger partial charge is 0.397 e. The summed E-state index contributed by atoms with van der Waals surface area (Å²) in [5.74, 6) is 0. The third kappa shape index (κ3) is 4.10. The highest BCUT2D eigenvalue weighted by Gasteiger charge is 2.24. The minimum absolute atomic E-state index is 0.0392. The fourth-order valence-corrected chi connectivity index (χ4v) is 1.86. The number of rotatable bonds is 4. The molecule has 96 valence electrons. The number of nitrogens with one attached hydrogen (secondary N) is 1. The topological polar surface area (TPSA) is 58.3 Å². The molecule has 1 aromatic rings. The zero-order chi connectivity index (χ0) is 13.1. The summed E-state index contributed by atoms with van der Waals surface area (Å²) >= 11 is 5.95. The van der Waals surface area contributed by atoms with Crippen LogP contribution in [0.1, 0.15) is 27.2 Å². The van der Waals surface area contributed by atoms with E-state index in [1.807, 2.05) is 6.07 Å². The van der Waals surface area contributed by atoms with Gasteiger partial charge < -0.3 is 16.2 Å². The van der Waals surface area contributed by atoms with E-state index in [0.717, 1.165) is 5.69 Å². The van der Waals surface area contributed by atoms with Crippen LogP contribution in [0, 0.1) is 5.41 Å². The molecular formula is C13H21ClN2O. The Labute approximate surface area is 108 Å². The highest BCUT2D eigenvalue weighted by atomic mass is 35.5. The van der Waals surface area contributed by atoms with Crippen LogP contribution in [0.15, 0.2) is 18.2 Å². The summed E-state index contributed by atoms with van der Waals surface area (Å²) in [5.41, 5.74) is 7.43. The van der Waals surface area contributed by atoms with E-state index >= 15 is 0 Å². The Hall–Kier alpha value is -0.930. The molecule has 1 aromatic carbocycles. The molecule has 0 saturated carbocycles.